The molecule has 0 amide bonds. The summed E-state index contributed by atoms with van der Waals surface area (Å²) < 4.78 is 1.87. The highest BCUT2D eigenvalue weighted by Gasteiger charge is 2.20. The van der Waals surface area contributed by atoms with E-state index in [0.717, 1.165) is 37.3 Å². The summed E-state index contributed by atoms with van der Waals surface area (Å²) in [4.78, 5) is 15.1. The van der Waals surface area contributed by atoms with E-state index in [1.54, 1.807) is 0 Å². The molecule has 1 aromatic carbocycles. The van der Waals surface area contributed by atoms with Crippen LogP contribution in [0.1, 0.15) is 29.3 Å². The number of aromatic nitrogens is 1. The van der Waals surface area contributed by atoms with Gasteiger partial charge in [0.05, 0.1) is 0 Å². The number of rotatable bonds is 3. The Balaban J connectivity index is 2.20. The number of nitrogens with zero attached hydrogens (tertiary/aromatic N) is 2. The summed E-state index contributed by atoms with van der Waals surface area (Å²) in [6.45, 7) is 4.26. The van der Waals surface area contributed by atoms with Crippen molar-refractivity contribution in [3.05, 3.63) is 63.1 Å². The lowest BCUT2D eigenvalue weighted by molar-refractivity contribution is 0.307. The number of nitrogens with two attached hydrogens (primary N) is 1. The molecular formula is C18H23N3O. The van der Waals surface area contributed by atoms with E-state index in [-0.39, 0.29) is 12.1 Å². The van der Waals surface area contributed by atoms with E-state index in [2.05, 4.69) is 31.0 Å². The fourth-order valence-corrected chi connectivity index (χ4v) is 3.14. The molecule has 116 valence electrons. The monoisotopic (exact) mass is 297 g/mol. The van der Waals surface area contributed by atoms with Crippen molar-refractivity contribution >= 4 is 0 Å². The van der Waals surface area contributed by atoms with Gasteiger partial charge in [0.15, 0.2) is 0 Å². The molecule has 22 heavy (non-hydrogen) atoms. The van der Waals surface area contributed by atoms with Gasteiger partial charge in [0.25, 0.3) is 5.56 Å². The summed E-state index contributed by atoms with van der Waals surface area (Å²) in [6, 6.07) is 10.3. The Hall–Kier alpha value is -1.91. The Morgan fingerprint density at radius 2 is 1.95 bits per heavy atom. The van der Waals surface area contributed by atoms with E-state index in [4.69, 9.17) is 5.73 Å². The van der Waals surface area contributed by atoms with Gasteiger partial charge in [0.1, 0.15) is 0 Å². The zero-order chi connectivity index (χ0) is 15.7. The Kier molecular flexibility index (Phi) is 4.14. The first-order chi connectivity index (χ1) is 10.6. The summed E-state index contributed by atoms with van der Waals surface area (Å²) in [5.74, 6) is 0. The standard InChI is InChI=1S/C18H23N3O/c1-3-13-4-6-16(7-5-13)21-17-8-9-20(2)12-15(17)10-14(11-19)18(21)22/h4-7,10H,3,8-9,11-12,19H2,1-2H3. The molecule has 0 atom stereocenters. The number of fused-ring (bicyclic) bond motifs is 1. The molecule has 3 rings (SSSR count). The van der Waals surface area contributed by atoms with Gasteiger partial charge in [-0.25, -0.2) is 0 Å². The zero-order valence-corrected chi connectivity index (χ0v) is 13.3. The van der Waals surface area contributed by atoms with E-state index in [1.165, 1.54) is 11.1 Å². The Bertz CT molecular complexity index is 731. The van der Waals surface area contributed by atoms with Gasteiger partial charge >= 0.3 is 0 Å². The molecule has 4 heteroatoms. The average Bonchev–Trinajstić information content (AvgIpc) is 2.54. The van der Waals surface area contributed by atoms with Crippen molar-refractivity contribution < 1.29 is 0 Å². The number of aryl methyl sites for hydroxylation is 1. The smallest absolute Gasteiger partial charge is 0.259 e. The van der Waals surface area contributed by atoms with Crippen molar-refractivity contribution in [1.29, 1.82) is 0 Å². The average molecular weight is 297 g/mol. The number of pyridine rings is 1. The molecule has 0 aliphatic carbocycles. The van der Waals surface area contributed by atoms with Crippen LogP contribution in [0.3, 0.4) is 0 Å². The van der Waals surface area contributed by atoms with Crippen LogP contribution < -0.4 is 11.3 Å². The summed E-state index contributed by atoms with van der Waals surface area (Å²) in [5.41, 5.74) is 11.1. The molecule has 2 heterocycles. The summed E-state index contributed by atoms with van der Waals surface area (Å²) in [5, 5.41) is 0. The number of hydrogen-bond acceptors (Lipinski definition) is 3. The number of likely N-dealkylation sites (N-methyl/N-ethyl adjacent to an activating group) is 1. The third kappa shape index (κ3) is 2.60. The minimum atomic E-state index is 0.0232. The van der Waals surface area contributed by atoms with Crippen molar-refractivity contribution in [1.82, 2.24) is 9.47 Å². The molecule has 1 aromatic heterocycles. The molecule has 2 aromatic rings. The second-order valence-electron chi connectivity index (χ2n) is 5.99. The van der Waals surface area contributed by atoms with Crippen LogP contribution in [0.4, 0.5) is 0 Å². The normalized spacial score (nSPS) is 14.9. The van der Waals surface area contributed by atoms with E-state index in [0.29, 0.717) is 5.56 Å². The molecule has 1 aliphatic heterocycles. The Morgan fingerprint density at radius 3 is 2.59 bits per heavy atom. The maximum absolute atomic E-state index is 12.8. The van der Waals surface area contributed by atoms with E-state index in [1.807, 2.05) is 22.8 Å². The van der Waals surface area contributed by atoms with Gasteiger partial charge < -0.3 is 10.6 Å². The van der Waals surface area contributed by atoms with Crippen molar-refractivity contribution in [2.45, 2.75) is 32.9 Å². The topological polar surface area (TPSA) is 51.3 Å². The van der Waals surface area contributed by atoms with Gasteiger partial charge in [0.2, 0.25) is 0 Å². The third-order valence-corrected chi connectivity index (χ3v) is 4.46. The van der Waals surface area contributed by atoms with Crippen LogP contribution in [0.2, 0.25) is 0 Å². The van der Waals surface area contributed by atoms with Gasteiger partial charge in [-0.15, -0.1) is 0 Å². The summed E-state index contributed by atoms with van der Waals surface area (Å²) in [7, 11) is 2.11. The molecule has 0 unspecified atom stereocenters. The van der Waals surface area contributed by atoms with Crippen molar-refractivity contribution in [2.75, 3.05) is 13.6 Å². The molecule has 0 radical (unpaired) electrons. The lowest BCUT2D eigenvalue weighted by atomic mass is 10.0. The van der Waals surface area contributed by atoms with Crippen LogP contribution in [0.25, 0.3) is 5.69 Å². The van der Waals surface area contributed by atoms with Crippen LogP contribution in [0.15, 0.2) is 35.1 Å². The molecule has 0 fully saturated rings. The highest BCUT2D eigenvalue weighted by Crippen LogP contribution is 2.21. The molecule has 0 spiro atoms. The number of hydrogen-bond donors (Lipinski definition) is 1. The maximum Gasteiger partial charge on any atom is 0.259 e. The molecule has 0 saturated carbocycles. The van der Waals surface area contributed by atoms with Crippen LogP contribution in [-0.2, 0) is 25.9 Å². The van der Waals surface area contributed by atoms with Gasteiger partial charge in [-0.2, -0.15) is 0 Å². The fraction of sp³-hybridized carbons (Fsp3) is 0.389. The Labute approximate surface area is 131 Å². The molecule has 4 nitrogen and oxygen atoms in total. The fourth-order valence-electron chi connectivity index (χ4n) is 3.14. The second kappa shape index (κ2) is 6.07. The molecular weight excluding hydrogens is 274 g/mol. The highest BCUT2D eigenvalue weighted by atomic mass is 16.1. The van der Waals surface area contributed by atoms with Gasteiger partial charge in [-0.05, 0) is 42.8 Å². The molecule has 1 aliphatic rings. The quantitative estimate of drug-likeness (QED) is 0.940. The lowest BCUT2D eigenvalue weighted by Crippen LogP contribution is -2.35. The largest absolute Gasteiger partial charge is 0.326 e. The molecule has 0 saturated heterocycles. The molecule has 0 bridgehead atoms. The van der Waals surface area contributed by atoms with Gasteiger partial charge in [0, 0.05) is 43.0 Å². The van der Waals surface area contributed by atoms with Gasteiger partial charge in [-0.3, -0.25) is 9.36 Å². The van der Waals surface area contributed by atoms with Crippen molar-refractivity contribution in [3.8, 4) is 5.69 Å². The minimum absolute atomic E-state index is 0.0232. The summed E-state index contributed by atoms with van der Waals surface area (Å²) >= 11 is 0. The molecule has 2 N–H and O–H groups in total. The minimum Gasteiger partial charge on any atom is -0.326 e. The zero-order valence-electron chi connectivity index (χ0n) is 13.3. The second-order valence-corrected chi connectivity index (χ2v) is 5.99. The van der Waals surface area contributed by atoms with Gasteiger partial charge in [-0.1, -0.05) is 19.1 Å². The first-order valence-electron chi connectivity index (χ1n) is 7.88. The van der Waals surface area contributed by atoms with Crippen LogP contribution >= 0.6 is 0 Å². The van der Waals surface area contributed by atoms with Crippen molar-refractivity contribution in [3.63, 3.8) is 0 Å². The predicted octanol–water partition coefficient (Wildman–Crippen LogP) is 1.85. The third-order valence-electron chi connectivity index (χ3n) is 4.46. The lowest BCUT2D eigenvalue weighted by Gasteiger charge is -2.28. The summed E-state index contributed by atoms with van der Waals surface area (Å²) in [6.07, 6.45) is 1.89. The SMILES string of the molecule is CCc1ccc(-n2c3c(cc(CN)c2=O)CN(C)CC3)cc1. The first kappa shape index (κ1) is 15.0. The van der Waals surface area contributed by atoms with E-state index >= 15 is 0 Å². The van der Waals surface area contributed by atoms with Crippen LogP contribution in [-0.4, -0.2) is 23.1 Å². The maximum atomic E-state index is 12.8. The Morgan fingerprint density at radius 1 is 1.23 bits per heavy atom. The highest BCUT2D eigenvalue weighted by molar-refractivity contribution is 5.41. The van der Waals surface area contributed by atoms with Crippen LogP contribution in [0, 0.1) is 0 Å². The van der Waals surface area contributed by atoms with E-state index < -0.39 is 0 Å². The predicted molar refractivity (Wildman–Crippen MR) is 89.3 cm³/mol. The van der Waals surface area contributed by atoms with Crippen molar-refractivity contribution in [2.24, 2.45) is 5.73 Å². The van der Waals surface area contributed by atoms with Crippen LogP contribution in [0.5, 0.6) is 0 Å². The first-order valence-corrected chi connectivity index (χ1v) is 7.88. The van der Waals surface area contributed by atoms with E-state index in [9.17, 15) is 4.79 Å². The number of benzene rings is 1.